The number of aliphatic hydroxyl groups is 1. The summed E-state index contributed by atoms with van der Waals surface area (Å²) >= 11 is 0. The molecule has 0 aromatic heterocycles. The van der Waals surface area contributed by atoms with Gasteiger partial charge in [0, 0.05) is 0 Å². The zero-order valence-corrected chi connectivity index (χ0v) is 18.6. The van der Waals surface area contributed by atoms with E-state index in [-0.39, 0.29) is 58.2 Å². The van der Waals surface area contributed by atoms with Crippen LogP contribution in [0, 0.1) is 12.3 Å². The van der Waals surface area contributed by atoms with Crippen LogP contribution in [0.1, 0.15) is 38.8 Å². The van der Waals surface area contributed by atoms with E-state index >= 15 is 0 Å². The summed E-state index contributed by atoms with van der Waals surface area (Å²) in [7, 11) is 0. The van der Waals surface area contributed by atoms with Gasteiger partial charge in [-0.15, -0.1) is 0 Å². The standard InChI is InChI=1S/C15H11O.2C2H6.Rb/c1-2-15(16,13-9-5-3-6-10-13)14-11-7-4-8-12-14;2*1-2;/h3-12,16H;2*1-2H3;/q-1;;;+1. The van der Waals surface area contributed by atoms with Crippen LogP contribution in [-0.4, -0.2) is 5.11 Å². The van der Waals surface area contributed by atoms with Gasteiger partial charge in [0.1, 0.15) is 5.60 Å². The van der Waals surface area contributed by atoms with Gasteiger partial charge in [-0.05, 0) is 11.1 Å². The van der Waals surface area contributed by atoms with Gasteiger partial charge in [-0.25, -0.2) is 0 Å². The molecular weight excluding hydrogens is 330 g/mol. The summed E-state index contributed by atoms with van der Waals surface area (Å²) in [6.07, 6.45) is 7.33. The molecule has 106 valence electrons. The van der Waals surface area contributed by atoms with Crippen LogP contribution in [-0.2, 0) is 5.60 Å². The minimum absolute atomic E-state index is 0. The third-order valence-electron chi connectivity index (χ3n) is 2.56. The zero-order valence-electron chi connectivity index (χ0n) is 13.7. The molecule has 2 aromatic carbocycles. The second-order valence-corrected chi connectivity index (χ2v) is 3.57. The number of rotatable bonds is 2. The zero-order chi connectivity index (χ0) is 15.4. The molecule has 0 fully saturated rings. The first-order valence-electron chi connectivity index (χ1n) is 7.04. The molecule has 2 aromatic rings. The van der Waals surface area contributed by atoms with Gasteiger partial charge in [0.2, 0.25) is 0 Å². The van der Waals surface area contributed by atoms with E-state index in [1.54, 1.807) is 24.3 Å². The van der Waals surface area contributed by atoms with Crippen LogP contribution in [0.3, 0.4) is 0 Å². The Labute approximate surface area is 178 Å². The normalized spacial score (nSPS) is 8.76. The summed E-state index contributed by atoms with van der Waals surface area (Å²) in [5.74, 6) is 2.22. The van der Waals surface area contributed by atoms with E-state index in [0.29, 0.717) is 11.1 Å². The Balaban J connectivity index is 0. The van der Waals surface area contributed by atoms with E-state index in [9.17, 15) is 5.11 Å². The topological polar surface area (TPSA) is 20.2 Å². The van der Waals surface area contributed by atoms with Crippen molar-refractivity contribution in [2.24, 2.45) is 0 Å². The van der Waals surface area contributed by atoms with Gasteiger partial charge in [-0.2, -0.15) is 0 Å². The quantitative estimate of drug-likeness (QED) is 0.642. The SMILES string of the molecule is CC.CC.[C-]#CC(O)(c1ccccc1)c1ccccc1.[Rb+]. The van der Waals surface area contributed by atoms with E-state index in [4.69, 9.17) is 6.42 Å². The van der Waals surface area contributed by atoms with Crippen molar-refractivity contribution in [1.82, 2.24) is 0 Å². The predicted molar refractivity (Wildman–Crippen MR) is 85.7 cm³/mol. The summed E-state index contributed by atoms with van der Waals surface area (Å²) < 4.78 is 0. The van der Waals surface area contributed by atoms with Crippen molar-refractivity contribution in [2.75, 3.05) is 0 Å². The Morgan fingerprint density at radius 1 is 0.762 bits per heavy atom. The second kappa shape index (κ2) is 13.4. The molecule has 21 heavy (non-hydrogen) atoms. The fraction of sp³-hybridized carbons (Fsp3) is 0.263. The molecule has 0 atom stereocenters. The molecule has 2 rings (SSSR count). The Morgan fingerprint density at radius 2 is 1.05 bits per heavy atom. The van der Waals surface area contributed by atoms with Gasteiger partial charge in [-0.3, -0.25) is 0 Å². The minimum atomic E-state index is -1.46. The minimum Gasteiger partial charge on any atom is -0.690 e. The first-order chi connectivity index (χ1) is 9.77. The molecule has 0 spiro atoms. The van der Waals surface area contributed by atoms with Crippen LogP contribution in [0.4, 0.5) is 0 Å². The van der Waals surface area contributed by atoms with Gasteiger partial charge in [0.05, 0.1) is 0 Å². The molecular formula is C19H23ORb. The molecule has 0 heterocycles. The average Bonchev–Trinajstić information content (AvgIpc) is 2.59. The summed E-state index contributed by atoms with van der Waals surface area (Å²) in [5, 5.41) is 10.5. The molecule has 0 radical (unpaired) electrons. The summed E-state index contributed by atoms with van der Waals surface area (Å²) in [4.78, 5) is 0. The maximum absolute atomic E-state index is 10.5. The molecule has 0 bridgehead atoms. The third-order valence-corrected chi connectivity index (χ3v) is 2.56. The van der Waals surface area contributed by atoms with Crippen LogP contribution in [0.5, 0.6) is 0 Å². The molecule has 1 nitrogen and oxygen atoms in total. The Hall–Kier alpha value is -0.235. The molecule has 2 heteroatoms. The molecule has 1 N–H and O–H groups in total. The average molecular weight is 353 g/mol. The van der Waals surface area contributed by atoms with Crippen LogP contribution < -0.4 is 58.2 Å². The smallest absolute Gasteiger partial charge is 0.690 e. The second-order valence-electron chi connectivity index (χ2n) is 3.57. The van der Waals surface area contributed by atoms with Crippen molar-refractivity contribution < 1.29 is 63.3 Å². The number of hydrogen-bond donors (Lipinski definition) is 1. The Bertz CT molecular complexity index is 461. The van der Waals surface area contributed by atoms with Crippen molar-refractivity contribution in [1.29, 1.82) is 0 Å². The van der Waals surface area contributed by atoms with Gasteiger partial charge in [-0.1, -0.05) is 88.4 Å². The molecule has 0 saturated heterocycles. The van der Waals surface area contributed by atoms with Crippen molar-refractivity contribution >= 4 is 0 Å². The van der Waals surface area contributed by atoms with E-state index in [2.05, 4.69) is 5.92 Å². The van der Waals surface area contributed by atoms with Gasteiger partial charge >= 0.3 is 58.2 Å². The summed E-state index contributed by atoms with van der Waals surface area (Å²) in [6.45, 7) is 8.00. The van der Waals surface area contributed by atoms with E-state index in [0.717, 1.165) is 0 Å². The van der Waals surface area contributed by atoms with Crippen LogP contribution >= 0.6 is 0 Å². The Kier molecular flexibility index (Phi) is 14.7. The molecule has 0 aliphatic heterocycles. The van der Waals surface area contributed by atoms with E-state index in [1.807, 2.05) is 64.1 Å². The van der Waals surface area contributed by atoms with Crippen LogP contribution in [0.25, 0.3) is 0 Å². The van der Waals surface area contributed by atoms with E-state index < -0.39 is 5.60 Å². The van der Waals surface area contributed by atoms with Gasteiger partial charge < -0.3 is 17.5 Å². The molecule has 0 aliphatic rings. The largest absolute Gasteiger partial charge is 1.00 e. The fourth-order valence-electron chi connectivity index (χ4n) is 1.67. The van der Waals surface area contributed by atoms with E-state index in [1.165, 1.54) is 0 Å². The van der Waals surface area contributed by atoms with Gasteiger partial charge in [0.25, 0.3) is 0 Å². The van der Waals surface area contributed by atoms with Crippen LogP contribution in [0.15, 0.2) is 60.7 Å². The number of benzene rings is 2. The molecule has 0 amide bonds. The Morgan fingerprint density at radius 3 is 1.29 bits per heavy atom. The fourth-order valence-corrected chi connectivity index (χ4v) is 1.67. The predicted octanol–water partition coefficient (Wildman–Crippen LogP) is 1.57. The van der Waals surface area contributed by atoms with Crippen molar-refractivity contribution in [3.8, 4) is 5.92 Å². The van der Waals surface area contributed by atoms with Crippen LogP contribution in [0.2, 0.25) is 0 Å². The first-order valence-corrected chi connectivity index (χ1v) is 7.04. The first kappa shape index (κ1) is 23.0. The maximum atomic E-state index is 10.5. The monoisotopic (exact) mass is 352 g/mol. The molecule has 0 aliphatic carbocycles. The number of hydrogen-bond acceptors (Lipinski definition) is 1. The van der Waals surface area contributed by atoms with Crippen molar-refractivity contribution in [3.05, 3.63) is 78.2 Å². The molecule has 0 unspecified atom stereocenters. The van der Waals surface area contributed by atoms with Crippen molar-refractivity contribution in [3.63, 3.8) is 0 Å². The third kappa shape index (κ3) is 6.59. The maximum Gasteiger partial charge on any atom is 1.00 e. The summed E-state index contributed by atoms with van der Waals surface area (Å²) in [6, 6.07) is 18.2. The summed E-state index contributed by atoms with van der Waals surface area (Å²) in [5.41, 5.74) is -0.157. The van der Waals surface area contributed by atoms with Crippen molar-refractivity contribution in [2.45, 2.75) is 33.3 Å². The van der Waals surface area contributed by atoms with Gasteiger partial charge in [0.15, 0.2) is 0 Å². The molecule has 0 saturated carbocycles.